The average Bonchev–Trinajstić information content (AvgIpc) is 2.88. The van der Waals surface area contributed by atoms with Gasteiger partial charge in [-0.05, 0) is 37.5 Å². The Morgan fingerprint density at radius 1 is 1.35 bits per heavy atom. The Labute approximate surface area is 147 Å². The number of nitrogens with zero attached hydrogens (tertiary/aromatic N) is 2. The van der Waals surface area contributed by atoms with E-state index in [4.69, 9.17) is 11.6 Å². The van der Waals surface area contributed by atoms with Crippen molar-refractivity contribution in [1.82, 2.24) is 14.9 Å². The van der Waals surface area contributed by atoms with Crippen molar-refractivity contribution >= 4 is 40.3 Å². The number of fused-ring (bicyclic) bond motifs is 1. The van der Waals surface area contributed by atoms with Gasteiger partial charge in [0, 0.05) is 17.6 Å². The number of aryl methyl sites for hydroxylation is 1. The number of amides is 1. The summed E-state index contributed by atoms with van der Waals surface area (Å²) in [4.78, 5) is 16.7. The summed E-state index contributed by atoms with van der Waals surface area (Å²) in [6.45, 7) is 7.20. The van der Waals surface area contributed by atoms with Crippen LogP contribution in [0, 0.1) is 0 Å². The normalized spacial score (nSPS) is 11.3. The molecule has 2 aromatic rings. The summed E-state index contributed by atoms with van der Waals surface area (Å²) in [5, 5.41) is 4.62. The second-order valence-corrected chi connectivity index (χ2v) is 6.93. The van der Waals surface area contributed by atoms with Crippen LogP contribution in [-0.2, 0) is 11.3 Å². The Morgan fingerprint density at radius 2 is 2.09 bits per heavy atom. The zero-order chi connectivity index (χ0) is 16.8. The molecule has 2 rings (SSSR count). The van der Waals surface area contributed by atoms with Gasteiger partial charge in [-0.3, -0.25) is 4.79 Å². The summed E-state index contributed by atoms with van der Waals surface area (Å²) in [6, 6.07) is 6.01. The summed E-state index contributed by atoms with van der Waals surface area (Å²) in [6.07, 6.45) is 2.93. The number of carbonyl (C=O) groups is 1. The van der Waals surface area contributed by atoms with Crippen molar-refractivity contribution in [3.05, 3.63) is 23.2 Å². The number of hydrogen-bond donors (Lipinski definition) is 1. The number of benzene rings is 1. The molecule has 4 nitrogen and oxygen atoms in total. The molecule has 0 radical (unpaired) electrons. The van der Waals surface area contributed by atoms with E-state index in [0.29, 0.717) is 10.8 Å². The number of hydrogen-bond acceptors (Lipinski definition) is 3. The van der Waals surface area contributed by atoms with Crippen molar-refractivity contribution < 1.29 is 4.79 Å². The van der Waals surface area contributed by atoms with E-state index in [9.17, 15) is 4.79 Å². The van der Waals surface area contributed by atoms with Crippen LogP contribution in [0.2, 0.25) is 5.02 Å². The molecule has 0 bridgehead atoms. The summed E-state index contributed by atoms with van der Waals surface area (Å²) in [5.74, 6) is 0.453. The van der Waals surface area contributed by atoms with Gasteiger partial charge in [0.2, 0.25) is 5.91 Å². The Morgan fingerprint density at radius 3 is 2.74 bits per heavy atom. The molecule has 0 aliphatic carbocycles. The van der Waals surface area contributed by atoms with Crippen LogP contribution in [0.5, 0.6) is 0 Å². The van der Waals surface area contributed by atoms with Crippen LogP contribution in [0.25, 0.3) is 11.0 Å². The monoisotopic (exact) mass is 353 g/mol. The maximum Gasteiger partial charge on any atom is 0.230 e. The van der Waals surface area contributed by atoms with Crippen molar-refractivity contribution in [3.8, 4) is 0 Å². The zero-order valence-electron chi connectivity index (χ0n) is 13.9. The van der Waals surface area contributed by atoms with Gasteiger partial charge in [-0.25, -0.2) is 4.98 Å². The highest BCUT2D eigenvalue weighted by Crippen LogP contribution is 2.26. The lowest BCUT2D eigenvalue weighted by molar-refractivity contribution is -0.119. The number of aromatic nitrogens is 2. The van der Waals surface area contributed by atoms with Crippen LogP contribution >= 0.6 is 23.4 Å². The molecule has 1 aromatic carbocycles. The molecule has 0 atom stereocenters. The first-order chi connectivity index (χ1) is 11.1. The molecule has 0 saturated heterocycles. The summed E-state index contributed by atoms with van der Waals surface area (Å²) < 4.78 is 2.17. The molecule has 126 valence electrons. The van der Waals surface area contributed by atoms with Crippen LogP contribution in [0.15, 0.2) is 23.4 Å². The van der Waals surface area contributed by atoms with Gasteiger partial charge in [0.1, 0.15) is 0 Å². The SMILES string of the molecule is CCCn1c(SCC(=O)NC(CC)CC)nc2cc(Cl)ccc21. The largest absolute Gasteiger partial charge is 0.353 e. The zero-order valence-corrected chi connectivity index (χ0v) is 15.5. The van der Waals surface area contributed by atoms with Crippen LogP contribution < -0.4 is 5.32 Å². The molecule has 0 unspecified atom stereocenters. The average molecular weight is 354 g/mol. The fourth-order valence-electron chi connectivity index (χ4n) is 2.52. The number of nitrogens with one attached hydrogen (secondary N) is 1. The van der Waals surface area contributed by atoms with Gasteiger partial charge >= 0.3 is 0 Å². The van der Waals surface area contributed by atoms with E-state index in [-0.39, 0.29) is 11.9 Å². The second kappa shape index (κ2) is 8.60. The first-order valence-corrected chi connectivity index (χ1v) is 9.53. The smallest absolute Gasteiger partial charge is 0.230 e. The number of imidazole rings is 1. The molecule has 0 aliphatic heterocycles. The third kappa shape index (κ3) is 4.64. The lowest BCUT2D eigenvalue weighted by atomic mass is 10.2. The summed E-state index contributed by atoms with van der Waals surface area (Å²) in [7, 11) is 0. The molecular weight excluding hydrogens is 330 g/mol. The molecule has 1 heterocycles. The lowest BCUT2D eigenvalue weighted by Crippen LogP contribution is -2.35. The number of rotatable bonds is 8. The van der Waals surface area contributed by atoms with Crippen LogP contribution in [0.1, 0.15) is 40.0 Å². The van der Waals surface area contributed by atoms with Crippen molar-refractivity contribution in [2.45, 2.75) is 57.8 Å². The molecule has 0 fully saturated rings. The predicted octanol–water partition coefficient (Wildman–Crippen LogP) is 4.50. The molecule has 23 heavy (non-hydrogen) atoms. The lowest BCUT2D eigenvalue weighted by Gasteiger charge is -2.14. The van der Waals surface area contributed by atoms with E-state index in [0.717, 1.165) is 42.0 Å². The Bertz CT molecular complexity index is 667. The molecular formula is C17H24ClN3OS. The molecule has 1 N–H and O–H groups in total. The maximum atomic E-state index is 12.1. The topological polar surface area (TPSA) is 46.9 Å². The minimum absolute atomic E-state index is 0.0665. The summed E-state index contributed by atoms with van der Waals surface area (Å²) in [5.41, 5.74) is 1.95. The van der Waals surface area contributed by atoms with Gasteiger partial charge in [-0.2, -0.15) is 0 Å². The van der Waals surface area contributed by atoms with E-state index in [1.807, 2.05) is 18.2 Å². The van der Waals surface area contributed by atoms with Gasteiger partial charge in [0.05, 0.1) is 16.8 Å². The Balaban J connectivity index is 2.12. The third-order valence-electron chi connectivity index (χ3n) is 3.81. The first-order valence-electron chi connectivity index (χ1n) is 8.16. The van der Waals surface area contributed by atoms with E-state index >= 15 is 0 Å². The van der Waals surface area contributed by atoms with Crippen molar-refractivity contribution in [2.24, 2.45) is 0 Å². The molecule has 0 spiro atoms. The Hall–Kier alpha value is -1.20. The Kier molecular flexibility index (Phi) is 6.78. The van der Waals surface area contributed by atoms with E-state index < -0.39 is 0 Å². The number of carbonyl (C=O) groups excluding carboxylic acids is 1. The van der Waals surface area contributed by atoms with Crippen molar-refractivity contribution in [2.75, 3.05) is 5.75 Å². The fraction of sp³-hybridized carbons (Fsp3) is 0.529. The minimum Gasteiger partial charge on any atom is -0.353 e. The predicted molar refractivity (Wildman–Crippen MR) is 98.3 cm³/mol. The standard InChI is InChI=1S/C17H24ClN3OS/c1-4-9-21-15-8-7-12(18)10-14(15)20-17(21)23-11-16(22)19-13(5-2)6-3/h7-8,10,13H,4-6,9,11H2,1-3H3,(H,19,22). The highest BCUT2D eigenvalue weighted by Gasteiger charge is 2.14. The van der Waals surface area contributed by atoms with Crippen LogP contribution in [0.4, 0.5) is 0 Å². The first kappa shape index (κ1) is 18.1. The summed E-state index contributed by atoms with van der Waals surface area (Å²) >= 11 is 7.54. The minimum atomic E-state index is 0.0665. The van der Waals surface area contributed by atoms with Crippen LogP contribution in [0.3, 0.4) is 0 Å². The van der Waals surface area contributed by atoms with Gasteiger partial charge in [0.15, 0.2) is 5.16 Å². The molecule has 0 saturated carbocycles. The van der Waals surface area contributed by atoms with E-state index in [1.54, 1.807) is 0 Å². The molecule has 1 amide bonds. The van der Waals surface area contributed by atoms with Crippen molar-refractivity contribution in [3.63, 3.8) is 0 Å². The van der Waals surface area contributed by atoms with Gasteiger partial charge in [-0.15, -0.1) is 0 Å². The number of halogens is 1. The molecule has 6 heteroatoms. The quantitative estimate of drug-likeness (QED) is 0.711. The van der Waals surface area contributed by atoms with E-state index in [2.05, 4.69) is 35.6 Å². The highest BCUT2D eigenvalue weighted by molar-refractivity contribution is 7.99. The molecule has 0 aliphatic rings. The maximum absolute atomic E-state index is 12.1. The van der Waals surface area contributed by atoms with Gasteiger partial charge in [0.25, 0.3) is 0 Å². The van der Waals surface area contributed by atoms with Crippen molar-refractivity contribution in [1.29, 1.82) is 0 Å². The highest BCUT2D eigenvalue weighted by atomic mass is 35.5. The van der Waals surface area contributed by atoms with E-state index in [1.165, 1.54) is 11.8 Å². The van der Waals surface area contributed by atoms with Crippen LogP contribution in [-0.4, -0.2) is 27.3 Å². The third-order valence-corrected chi connectivity index (χ3v) is 5.02. The van der Waals surface area contributed by atoms with Gasteiger partial charge < -0.3 is 9.88 Å². The number of thioether (sulfide) groups is 1. The molecule has 1 aromatic heterocycles. The second-order valence-electron chi connectivity index (χ2n) is 5.55. The fourth-order valence-corrected chi connectivity index (χ4v) is 3.54. The van der Waals surface area contributed by atoms with Gasteiger partial charge in [-0.1, -0.05) is 44.1 Å².